The van der Waals surface area contributed by atoms with Crippen LogP contribution in [0.5, 0.6) is 0 Å². The summed E-state index contributed by atoms with van der Waals surface area (Å²) in [7, 11) is 0. The fraction of sp³-hybridized carbons (Fsp3) is 0.950. The number of hydrogen-bond acceptors (Lipinski definition) is 3. The van der Waals surface area contributed by atoms with Crippen molar-refractivity contribution >= 4 is 5.97 Å². The van der Waals surface area contributed by atoms with E-state index in [4.69, 9.17) is 9.84 Å². The van der Waals surface area contributed by atoms with Crippen LogP contribution in [0.1, 0.15) is 90.4 Å². The Bertz CT molecular complexity index is 326. The van der Waals surface area contributed by atoms with Crippen LogP contribution in [0.3, 0.4) is 0 Å². The molecular weight excluding hydrogens is 288 g/mol. The molecule has 0 heterocycles. The van der Waals surface area contributed by atoms with Crippen LogP contribution in [0.4, 0.5) is 0 Å². The monoisotopic (exact) mass is 324 g/mol. The minimum Gasteiger partial charge on any atom is -0.462 e. The number of rotatable bonds is 8. The van der Waals surface area contributed by atoms with E-state index in [2.05, 4.69) is 6.92 Å². The zero-order valence-electron chi connectivity index (χ0n) is 15.0. The molecule has 0 aliphatic heterocycles. The average molecular weight is 325 g/mol. The number of carbonyl (C=O) groups excluding carboxylic acids is 1. The van der Waals surface area contributed by atoms with Crippen molar-refractivity contribution in [3.8, 4) is 0 Å². The molecule has 0 aromatic heterocycles. The van der Waals surface area contributed by atoms with E-state index in [1.165, 1.54) is 32.1 Å². The number of unbranched alkanes of at least 4 members (excludes halogenated alkanes) is 1. The van der Waals surface area contributed by atoms with E-state index < -0.39 is 0 Å². The predicted octanol–water partition coefficient (Wildman–Crippen LogP) is 4.86. The Kier molecular flexibility index (Phi) is 8.43. The Morgan fingerprint density at radius 3 is 2.13 bits per heavy atom. The van der Waals surface area contributed by atoms with Crippen LogP contribution in [-0.4, -0.2) is 23.8 Å². The van der Waals surface area contributed by atoms with Gasteiger partial charge in [-0.15, -0.1) is 0 Å². The quantitative estimate of drug-likeness (QED) is 0.512. The van der Waals surface area contributed by atoms with Crippen LogP contribution in [0.15, 0.2) is 0 Å². The normalized spacial score (nSPS) is 31.7. The zero-order valence-corrected chi connectivity index (χ0v) is 15.0. The van der Waals surface area contributed by atoms with Crippen LogP contribution in [0, 0.1) is 17.8 Å². The van der Waals surface area contributed by atoms with Crippen LogP contribution < -0.4 is 0 Å². The molecule has 0 aromatic rings. The standard InChI is InChI=1S/C20H36O3/c1-2-5-16-9-13-19(14-10-16)23-20(22)18-11-7-17(8-12-18)6-3-4-15-21/h16-19,21H,2-15H2,1H3. The maximum Gasteiger partial charge on any atom is 0.309 e. The molecule has 134 valence electrons. The van der Waals surface area contributed by atoms with Crippen molar-refractivity contribution in [2.45, 2.75) is 96.5 Å². The molecule has 0 aromatic carbocycles. The van der Waals surface area contributed by atoms with E-state index in [0.717, 1.165) is 63.2 Å². The lowest BCUT2D eigenvalue weighted by molar-refractivity contribution is -0.157. The van der Waals surface area contributed by atoms with Gasteiger partial charge in [-0.1, -0.05) is 32.6 Å². The lowest BCUT2D eigenvalue weighted by atomic mass is 9.79. The van der Waals surface area contributed by atoms with E-state index >= 15 is 0 Å². The third kappa shape index (κ3) is 6.45. The highest BCUT2D eigenvalue weighted by molar-refractivity contribution is 5.72. The second-order valence-electron chi connectivity index (χ2n) is 7.81. The van der Waals surface area contributed by atoms with E-state index in [9.17, 15) is 4.79 Å². The average Bonchev–Trinajstić information content (AvgIpc) is 2.58. The summed E-state index contributed by atoms with van der Waals surface area (Å²) in [4.78, 5) is 12.4. The van der Waals surface area contributed by atoms with Gasteiger partial charge >= 0.3 is 5.97 Å². The molecule has 3 heteroatoms. The first-order valence-electron chi connectivity index (χ1n) is 10.0. The molecule has 2 saturated carbocycles. The lowest BCUT2D eigenvalue weighted by Crippen LogP contribution is -2.30. The summed E-state index contributed by atoms with van der Waals surface area (Å²) in [5.41, 5.74) is 0. The van der Waals surface area contributed by atoms with Crippen LogP contribution in [-0.2, 0) is 9.53 Å². The molecule has 2 aliphatic rings. The molecular formula is C20H36O3. The van der Waals surface area contributed by atoms with E-state index in [-0.39, 0.29) is 18.0 Å². The number of carbonyl (C=O) groups is 1. The number of esters is 1. The third-order valence-electron chi connectivity index (χ3n) is 5.97. The molecule has 0 unspecified atom stereocenters. The molecule has 0 bridgehead atoms. The van der Waals surface area contributed by atoms with Gasteiger partial charge in [0.2, 0.25) is 0 Å². The second kappa shape index (κ2) is 10.3. The van der Waals surface area contributed by atoms with Gasteiger partial charge in [0.05, 0.1) is 5.92 Å². The smallest absolute Gasteiger partial charge is 0.309 e. The summed E-state index contributed by atoms with van der Waals surface area (Å²) in [5, 5.41) is 8.85. The Morgan fingerprint density at radius 2 is 1.52 bits per heavy atom. The van der Waals surface area contributed by atoms with Gasteiger partial charge in [-0.3, -0.25) is 4.79 Å². The minimum absolute atomic E-state index is 0.0812. The lowest BCUT2D eigenvalue weighted by Gasteiger charge is -2.31. The zero-order chi connectivity index (χ0) is 16.5. The molecule has 2 rings (SSSR count). The Morgan fingerprint density at radius 1 is 0.913 bits per heavy atom. The van der Waals surface area contributed by atoms with Crippen molar-refractivity contribution in [3.05, 3.63) is 0 Å². The fourth-order valence-corrected chi connectivity index (χ4v) is 4.44. The van der Waals surface area contributed by atoms with E-state index in [0.29, 0.717) is 6.61 Å². The van der Waals surface area contributed by atoms with Gasteiger partial charge in [-0.05, 0) is 69.6 Å². The van der Waals surface area contributed by atoms with E-state index in [1.54, 1.807) is 0 Å². The van der Waals surface area contributed by atoms with Crippen LogP contribution in [0.25, 0.3) is 0 Å². The molecule has 1 N–H and O–H groups in total. The van der Waals surface area contributed by atoms with Gasteiger partial charge in [0.15, 0.2) is 0 Å². The molecule has 0 radical (unpaired) electrons. The fourth-order valence-electron chi connectivity index (χ4n) is 4.44. The van der Waals surface area contributed by atoms with Gasteiger partial charge in [0.1, 0.15) is 6.10 Å². The van der Waals surface area contributed by atoms with Crippen molar-refractivity contribution in [2.75, 3.05) is 6.61 Å². The molecule has 2 fully saturated rings. The Hall–Kier alpha value is -0.570. The summed E-state index contributed by atoms with van der Waals surface area (Å²) in [6.45, 7) is 2.56. The number of aliphatic hydroxyl groups is 1. The first kappa shape index (κ1) is 18.8. The van der Waals surface area contributed by atoms with Crippen molar-refractivity contribution in [2.24, 2.45) is 17.8 Å². The SMILES string of the molecule is CCCC1CCC(OC(=O)C2CCC(CCCCO)CC2)CC1. The van der Waals surface area contributed by atoms with Gasteiger partial charge < -0.3 is 9.84 Å². The second-order valence-corrected chi connectivity index (χ2v) is 7.81. The highest BCUT2D eigenvalue weighted by atomic mass is 16.5. The first-order valence-corrected chi connectivity index (χ1v) is 10.0. The summed E-state index contributed by atoms with van der Waals surface area (Å²) in [6.07, 6.45) is 15.0. The number of ether oxygens (including phenoxy) is 1. The topological polar surface area (TPSA) is 46.5 Å². The van der Waals surface area contributed by atoms with Gasteiger partial charge in [-0.2, -0.15) is 0 Å². The number of hydrogen-bond donors (Lipinski definition) is 1. The van der Waals surface area contributed by atoms with Gasteiger partial charge in [-0.25, -0.2) is 0 Å². The Balaban J connectivity index is 1.62. The number of aliphatic hydroxyl groups excluding tert-OH is 1. The van der Waals surface area contributed by atoms with Crippen molar-refractivity contribution in [1.29, 1.82) is 0 Å². The highest BCUT2D eigenvalue weighted by Crippen LogP contribution is 2.34. The van der Waals surface area contributed by atoms with Gasteiger partial charge in [0.25, 0.3) is 0 Å². The molecule has 23 heavy (non-hydrogen) atoms. The third-order valence-corrected chi connectivity index (χ3v) is 5.97. The summed E-state index contributed by atoms with van der Waals surface area (Å²) < 4.78 is 5.82. The molecule has 0 saturated heterocycles. The molecule has 0 spiro atoms. The maximum atomic E-state index is 12.4. The first-order chi connectivity index (χ1) is 11.2. The molecule has 2 aliphatic carbocycles. The van der Waals surface area contributed by atoms with Crippen molar-refractivity contribution in [3.63, 3.8) is 0 Å². The van der Waals surface area contributed by atoms with Crippen LogP contribution in [0.2, 0.25) is 0 Å². The largest absolute Gasteiger partial charge is 0.462 e. The van der Waals surface area contributed by atoms with Crippen molar-refractivity contribution in [1.82, 2.24) is 0 Å². The van der Waals surface area contributed by atoms with E-state index in [1.807, 2.05) is 0 Å². The highest BCUT2D eigenvalue weighted by Gasteiger charge is 2.30. The molecule has 0 atom stereocenters. The van der Waals surface area contributed by atoms with Gasteiger partial charge in [0, 0.05) is 6.61 Å². The molecule has 3 nitrogen and oxygen atoms in total. The predicted molar refractivity (Wildman–Crippen MR) is 93.1 cm³/mol. The molecule has 0 amide bonds. The Labute approximate surface area is 142 Å². The maximum absolute atomic E-state index is 12.4. The summed E-state index contributed by atoms with van der Waals surface area (Å²) in [6, 6.07) is 0. The minimum atomic E-state index is 0.0812. The van der Waals surface area contributed by atoms with Crippen molar-refractivity contribution < 1.29 is 14.6 Å². The summed E-state index contributed by atoms with van der Waals surface area (Å²) in [5.74, 6) is 1.86. The summed E-state index contributed by atoms with van der Waals surface area (Å²) >= 11 is 0. The van der Waals surface area contributed by atoms with Crippen LogP contribution >= 0.6 is 0 Å².